The Labute approximate surface area is 108 Å². The van der Waals surface area contributed by atoms with Crippen LogP contribution in [0.25, 0.3) is 0 Å². The third kappa shape index (κ3) is 3.29. The van der Waals surface area contributed by atoms with Crippen LogP contribution in [0.2, 0.25) is 0 Å². The average Bonchev–Trinajstić information content (AvgIpc) is 2.36. The molecule has 1 aromatic rings. The minimum Gasteiger partial charge on any atom is -0.495 e. The van der Waals surface area contributed by atoms with Crippen LogP contribution in [0.4, 0.5) is 11.4 Å². The van der Waals surface area contributed by atoms with Gasteiger partial charge in [-0.1, -0.05) is 0 Å². The van der Waals surface area contributed by atoms with E-state index in [1.165, 1.54) is 0 Å². The van der Waals surface area contributed by atoms with Gasteiger partial charge in [-0.25, -0.2) is 0 Å². The zero-order valence-corrected chi connectivity index (χ0v) is 11.3. The van der Waals surface area contributed by atoms with Gasteiger partial charge in [0.05, 0.1) is 18.2 Å². The van der Waals surface area contributed by atoms with Crippen molar-refractivity contribution >= 4 is 17.3 Å². The van der Waals surface area contributed by atoms with E-state index < -0.39 is 5.41 Å². The summed E-state index contributed by atoms with van der Waals surface area (Å²) in [6, 6.07) is 5.45. The molecule has 1 amide bonds. The molecule has 0 saturated heterocycles. The lowest BCUT2D eigenvalue weighted by Gasteiger charge is -2.23. The van der Waals surface area contributed by atoms with E-state index >= 15 is 0 Å². The molecule has 0 unspecified atom stereocenters. The molecule has 5 heteroatoms. The van der Waals surface area contributed by atoms with Crippen LogP contribution in [0.15, 0.2) is 18.2 Å². The summed E-state index contributed by atoms with van der Waals surface area (Å²) >= 11 is 0. The summed E-state index contributed by atoms with van der Waals surface area (Å²) in [5, 5.41) is 5.86. The molecule has 100 valence electrons. The van der Waals surface area contributed by atoms with Crippen LogP contribution in [0.1, 0.15) is 13.8 Å². The molecular formula is C13H21N3O2. The van der Waals surface area contributed by atoms with E-state index in [2.05, 4.69) is 10.6 Å². The van der Waals surface area contributed by atoms with E-state index in [9.17, 15) is 4.79 Å². The number of carbonyl (C=O) groups excluding carboxylic acids is 1. The van der Waals surface area contributed by atoms with Crippen LogP contribution in [0, 0.1) is 5.41 Å². The van der Waals surface area contributed by atoms with Crippen molar-refractivity contribution in [3.8, 4) is 5.75 Å². The molecule has 0 aromatic heterocycles. The minimum atomic E-state index is -0.483. The molecule has 0 aliphatic rings. The summed E-state index contributed by atoms with van der Waals surface area (Å²) in [6.45, 7) is 4.29. The van der Waals surface area contributed by atoms with Gasteiger partial charge in [-0.2, -0.15) is 0 Å². The number of nitrogens with one attached hydrogen (secondary N) is 2. The first kappa shape index (κ1) is 14.2. The molecule has 1 aromatic carbocycles. The predicted molar refractivity (Wildman–Crippen MR) is 73.7 cm³/mol. The van der Waals surface area contributed by atoms with E-state index in [-0.39, 0.29) is 5.91 Å². The Balaban J connectivity index is 2.72. The zero-order valence-electron chi connectivity index (χ0n) is 11.3. The van der Waals surface area contributed by atoms with Crippen molar-refractivity contribution < 1.29 is 9.53 Å². The van der Waals surface area contributed by atoms with Crippen LogP contribution in [0.5, 0.6) is 5.75 Å². The molecule has 0 radical (unpaired) electrons. The smallest absolute Gasteiger partial charge is 0.227 e. The van der Waals surface area contributed by atoms with Crippen molar-refractivity contribution in [3.05, 3.63) is 18.2 Å². The Morgan fingerprint density at radius 1 is 1.44 bits per heavy atom. The molecule has 0 fully saturated rings. The van der Waals surface area contributed by atoms with Gasteiger partial charge in [0, 0.05) is 25.3 Å². The van der Waals surface area contributed by atoms with Crippen LogP contribution in [-0.4, -0.2) is 26.6 Å². The van der Waals surface area contributed by atoms with Crippen LogP contribution < -0.4 is 21.1 Å². The topological polar surface area (TPSA) is 76.4 Å². The monoisotopic (exact) mass is 251 g/mol. The van der Waals surface area contributed by atoms with Gasteiger partial charge >= 0.3 is 0 Å². The fourth-order valence-corrected chi connectivity index (χ4v) is 1.56. The highest BCUT2D eigenvalue weighted by molar-refractivity contribution is 5.82. The summed E-state index contributed by atoms with van der Waals surface area (Å²) in [5.41, 5.74) is 6.72. The fourth-order valence-electron chi connectivity index (χ4n) is 1.56. The van der Waals surface area contributed by atoms with Gasteiger partial charge in [0.2, 0.25) is 5.91 Å². The van der Waals surface area contributed by atoms with Crippen molar-refractivity contribution in [1.82, 2.24) is 5.32 Å². The fraction of sp³-hybridized carbons (Fsp3) is 0.462. The largest absolute Gasteiger partial charge is 0.495 e. The molecule has 0 aliphatic heterocycles. The Morgan fingerprint density at radius 3 is 2.67 bits per heavy atom. The number of hydrogen-bond donors (Lipinski definition) is 3. The second-order valence-corrected chi connectivity index (χ2v) is 4.77. The van der Waals surface area contributed by atoms with Gasteiger partial charge in [0.1, 0.15) is 5.75 Å². The summed E-state index contributed by atoms with van der Waals surface area (Å²) in [6.07, 6.45) is 0. The van der Waals surface area contributed by atoms with Gasteiger partial charge in [-0.15, -0.1) is 0 Å². The second-order valence-electron chi connectivity index (χ2n) is 4.77. The maximum absolute atomic E-state index is 11.6. The maximum Gasteiger partial charge on any atom is 0.227 e. The summed E-state index contributed by atoms with van der Waals surface area (Å²) in [5.74, 6) is 0.621. The average molecular weight is 251 g/mol. The van der Waals surface area contributed by atoms with Crippen molar-refractivity contribution in [2.75, 3.05) is 31.8 Å². The summed E-state index contributed by atoms with van der Waals surface area (Å²) in [7, 11) is 3.21. The number of hydrogen-bond acceptors (Lipinski definition) is 4. The third-order valence-electron chi connectivity index (χ3n) is 2.81. The molecular weight excluding hydrogens is 230 g/mol. The van der Waals surface area contributed by atoms with Crippen LogP contribution in [0.3, 0.4) is 0 Å². The zero-order chi connectivity index (χ0) is 13.8. The number of ether oxygens (including phenoxy) is 1. The Kier molecular flexibility index (Phi) is 4.42. The van der Waals surface area contributed by atoms with E-state index in [1.54, 1.807) is 20.2 Å². The van der Waals surface area contributed by atoms with Crippen molar-refractivity contribution in [3.63, 3.8) is 0 Å². The molecule has 18 heavy (non-hydrogen) atoms. The van der Waals surface area contributed by atoms with Crippen LogP contribution >= 0.6 is 0 Å². The van der Waals surface area contributed by atoms with Gasteiger partial charge < -0.3 is 21.1 Å². The Morgan fingerprint density at radius 2 is 2.11 bits per heavy atom. The molecule has 0 spiro atoms. The molecule has 0 atom stereocenters. The van der Waals surface area contributed by atoms with E-state index in [1.807, 2.05) is 26.0 Å². The number of nitrogens with two attached hydrogens (primary N) is 1. The maximum atomic E-state index is 11.6. The van der Waals surface area contributed by atoms with E-state index in [4.69, 9.17) is 10.5 Å². The highest BCUT2D eigenvalue weighted by Gasteiger charge is 2.26. The normalized spacial score (nSPS) is 10.9. The molecule has 5 nitrogen and oxygen atoms in total. The van der Waals surface area contributed by atoms with Gasteiger partial charge in [0.25, 0.3) is 0 Å². The minimum absolute atomic E-state index is 0.00240. The molecule has 0 saturated carbocycles. The summed E-state index contributed by atoms with van der Waals surface area (Å²) < 4.78 is 5.14. The number of anilines is 2. The van der Waals surface area contributed by atoms with Crippen molar-refractivity contribution in [2.24, 2.45) is 5.41 Å². The number of benzene rings is 1. The highest BCUT2D eigenvalue weighted by Crippen LogP contribution is 2.26. The van der Waals surface area contributed by atoms with E-state index in [0.717, 1.165) is 5.69 Å². The molecule has 4 N–H and O–H groups in total. The van der Waals surface area contributed by atoms with Gasteiger partial charge in [-0.3, -0.25) is 4.79 Å². The lowest BCUT2D eigenvalue weighted by atomic mass is 9.92. The van der Waals surface area contributed by atoms with Gasteiger partial charge in [0.15, 0.2) is 0 Å². The lowest BCUT2D eigenvalue weighted by molar-refractivity contribution is -0.128. The highest BCUT2D eigenvalue weighted by atomic mass is 16.5. The second kappa shape index (κ2) is 5.62. The number of carbonyl (C=O) groups is 1. The Bertz CT molecular complexity index is 430. The predicted octanol–water partition coefficient (Wildman–Crippen LogP) is 1.46. The molecule has 0 aliphatic carbocycles. The van der Waals surface area contributed by atoms with E-state index in [0.29, 0.717) is 18.0 Å². The third-order valence-corrected chi connectivity index (χ3v) is 2.81. The first-order valence-corrected chi connectivity index (χ1v) is 5.80. The standard InChI is InChI=1S/C13H21N3O2/c1-13(2,12(17)15-3)8-16-9-5-6-10(14)11(7-9)18-4/h5-7,16H,8,14H2,1-4H3,(H,15,17). The lowest BCUT2D eigenvalue weighted by Crippen LogP contribution is -2.39. The van der Waals surface area contributed by atoms with Gasteiger partial charge in [-0.05, 0) is 26.0 Å². The Hall–Kier alpha value is -1.91. The SMILES string of the molecule is CNC(=O)C(C)(C)CNc1ccc(N)c(OC)c1. The van der Waals surface area contributed by atoms with Crippen molar-refractivity contribution in [1.29, 1.82) is 0 Å². The summed E-state index contributed by atoms with van der Waals surface area (Å²) in [4.78, 5) is 11.6. The number of rotatable bonds is 5. The first-order valence-electron chi connectivity index (χ1n) is 5.80. The van der Waals surface area contributed by atoms with Crippen molar-refractivity contribution in [2.45, 2.75) is 13.8 Å². The van der Waals surface area contributed by atoms with Crippen LogP contribution in [-0.2, 0) is 4.79 Å². The molecule has 0 heterocycles. The number of amides is 1. The first-order chi connectivity index (χ1) is 8.40. The molecule has 0 bridgehead atoms. The quantitative estimate of drug-likeness (QED) is 0.692. The number of nitrogen functional groups attached to an aromatic ring is 1. The number of methoxy groups -OCH3 is 1. The molecule has 1 rings (SSSR count).